The molecule has 0 saturated heterocycles. The van der Waals surface area contributed by atoms with Crippen molar-refractivity contribution in [1.82, 2.24) is 0 Å². The van der Waals surface area contributed by atoms with Crippen LogP contribution in [0.25, 0.3) is 0 Å². The molecule has 1 heterocycles. The van der Waals surface area contributed by atoms with Crippen molar-refractivity contribution in [2.45, 2.75) is 17.0 Å². The summed E-state index contributed by atoms with van der Waals surface area (Å²) in [5.41, 5.74) is -1.60. The van der Waals surface area contributed by atoms with E-state index in [0.717, 1.165) is 23.5 Å². The summed E-state index contributed by atoms with van der Waals surface area (Å²) in [6.07, 6.45) is -4.66. The summed E-state index contributed by atoms with van der Waals surface area (Å²) in [6.45, 7) is -0.334. The van der Waals surface area contributed by atoms with Gasteiger partial charge in [0.15, 0.2) is 0 Å². The molecule has 4 nitrogen and oxygen atoms in total. The molecule has 0 bridgehead atoms. The molecule has 2 N–H and O–H groups in total. The number of anilines is 1. The number of hydrogen-bond acceptors (Lipinski definition) is 4. The molecule has 0 fully saturated rings. The minimum atomic E-state index is -4.66. The number of alkyl halides is 3. The van der Waals surface area contributed by atoms with Crippen molar-refractivity contribution in [2.75, 3.05) is 4.72 Å². The Labute approximate surface area is 122 Å². The summed E-state index contributed by atoms with van der Waals surface area (Å²) in [7, 11) is -4.13. The third-order valence-electron chi connectivity index (χ3n) is 2.53. The van der Waals surface area contributed by atoms with Gasteiger partial charge in [0, 0.05) is 4.88 Å². The second-order valence-electron chi connectivity index (χ2n) is 4.03. The maximum absolute atomic E-state index is 12.8. The second kappa shape index (κ2) is 5.66. The lowest BCUT2D eigenvalue weighted by atomic mass is 10.2. The van der Waals surface area contributed by atoms with Crippen molar-refractivity contribution in [3.63, 3.8) is 0 Å². The monoisotopic (exact) mass is 337 g/mol. The van der Waals surface area contributed by atoms with Crippen LogP contribution < -0.4 is 4.72 Å². The smallest absolute Gasteiger partial charge is 0.391 e. The molecule has 0 spiro atoms. The Balaban J connectivity index is 2.38. The number of aliphatic hydroxyl groups excluding tert-OH is 1. The van der Waals surface area contributed by atoms with Crippen LogP contribution in [-0.4, -0.2) is 13.5 Å². The Morgan fingerprint density at radius 3 is 2.38 bits per heavy atom. The largest absolute Gasteiger partial charge is 0.418 e. The van der Waals surface area contributed by atoms with Crippen molar-refractivity contribution in [3.8, 4) is 0 Å². The molecule has 114 valence electrons. The maximum atomic E-state index is 12.8. The van der Waals surface area contributed by atoms with Crippen LogP contribution in [-0.2, 0) is 22.8 Å². The molecule has 0 aliphatic carbocycles. The topological polar surface area (TPSA) is 66.4 Å². The zero-order valence-electron chi connectivity index (χ0n) is 10.4. The van der Waals surface area contributed by atoms with Crippen molar-refractivity contribution in [3.05, 3.63) is 46.8 Å². The Morgan fingerprint density at radius 1 is 1.14 bits per heavy atom. The number of aliphatic hydroxyl groups is 1. The standard InChI is InChI=1S/C12H10F3NO3S2/c13-12(14,15)9-3-1-2-4-10(9)16-21(18,19)11-6-5-8(7-17)20-11/h1-6,16-17H,7H2. The van der Waals surface area contributed by atoms with Gasteiger partial charge in [0.25, 0.3) is 10.0 Å². The van der Waals surface area contributed by atoms with Crippen LogP contribution in [0.15, 0.2) is 40.6 Å². The fourth-order valence-electron chi connectivity index (χ4n) is 1.60. The first-order valence-electron chi connectivity index (χ1n) is 5.62. The number of nitrogens with one attached hydrogen (secondary N) is 1. The molecule has 0 amide bonds. The molecule has 0 saturated carbocycles. The van der Waals surface area contributed by atoms with Crippen LogP contribution in [0.3, 0.4) is 0 Å². The zero-order chi connectivity index (χ0) is 15.7. The molecule has 0 aliphatic heterocycles. The van der Waals surface area contributed by atoms with Gasteiger partial charge in [-0.1, -0.05) is 12.1 Å². The van der Waals surface area contributed by atoms with E-state index in [1.807, 2.05) is 4.72 Å². The maximum Gasteiger partial charge on any atom is 0.418 e. The van der Waals surface area contributed by atoms with E-state index in [0.29, 0.717) is 4.88 Å². The van der Waals surface area contributed by atoms with Crippen LogP contribution in [0.2, 0.25) is 0 Å². The number of hydrogen-bond donors (Lipinski definition) is 2. The molecule has 2 rings (SSSR count). The lowest BCUT2D eigenvalue weighted by Crippen LogP contribution is -2.16. The average molecular weight is 337 g/mol. The van der Waals surface area contributed by atoms with Crippen LogP contribution in [0, 0.1) is 0 Å². The van der Waals surface area contributed by atoms with Gasteiger partial charge in [-0.25, -0.2) is 8.42 Å². The van der Waals surface area contributed by atoms with Crippen LogP contribution in [0.4, 0.5) is 18.9 Å². The number of halogens is 3. The normalized spacial score (nSPS) is 12.4. The van der Waals surface area contributed by atoms with Gasteiger partial charge in [-0.15, -0.1) is 11.3 Å². The highest BCUT2D eigenvalue weighted by molar-refractivity contribution is 7.94. The fraction of sp³-hybridized carbons (Fsp3) is 0.167. The molecule has 9 heteroatoms. The minimum absolute atomic E-state index is 0.163. The second-order valence-corrected chi connectivity index (χ2v) is 7.11. The molecular weight excluding hydrogens is 327 g/mol. The Hall–Kier alpha value is -1.58. The molecule has 0 radical (unpaired) electrons. The highest BCUT2D eigenvalue weighted by Crippen LogP contribution is 2.35. The minimum Gasteiger partial charge on any atom is -0.391 e. The quantitative estimate of drug-likeness (QED) is 0.901. The van der Waals surface area contributed by atoms with Crippen molar-refractivity contribution < 1.29 is 26.7 Å². The van der Waals surface area contributed by atoms with Gasteiger partial charge < -0.3 is 5.11 Å². The summed E-state index contributed by atoms with van der Waals surface area (Å²) in [6, 6.07) is 6.95. The number of sulfonamides is 1. The Kier molecular flexibility index (Phi) is 4.26. The SMILES string of the molecule is O=S(=O)(Nc1ccccc1C(F)(F)F)c1ccc(CO)s1. The first-order chi connectivity index (χ1) is 9.74. The van der Waals surface area contributed by atoms with E-state index in [9.17, 15) is 21.6 Å². The van der Waals surface area contributed by atoms with Crippen LogP contribution in [0.1, 0.15) is 10.4 Å². The Bertz CT molecular complexity index is 738. The fourth-order valence-corrected chi connectivity index (χ4v) is 3.90. The van der Waals surface area contributed by atoms with E-state index >= 15 is 0 Å². The van der Waals surface area contributed by atoms with E-state index in [-0.39, 0.29) is 10.8 Å². The van der Waals surface area contributed by atoms with Gasteiger partial charge >= 0.3 is 6.18 Å². The molecule has 1 aromatic heterocycles. The molecule has 0 unspecified atom stereocenters. The van der Waals surface area contributed by atoms with E-state index in [2.05, 4.69) is 0 Å². The lowest BCUT2D eigenvalue weighted by Gasteiger charge is -2.13. The van der Waals surface area contributed by atoms with Crippen molar-refractivity contribution in [2.24, 2.45) is 0 Å². The highest BCUT2D eigenvalue weighted by atomic mass is 32.2. The van der Waals surface area contributed by atoms with Gasteiger partial charge in [-0.05, 0) is 24.3 Å². The number of rotatable bonds is 4. The third kappa shape index (κ3) is 3.55. The molecule has 1 aromatic carbocycles. The number of thiophene rings is 1. The molecular formula is C12H10F3NO3S2. The lowest BCUT2D eigenvalue weighted by molar-refractivity contribution is -0.136. The summed E-state index contributed by atoms with van der Waals surface area (Å²) >= 11 is 0.791. The summed E-state index contributed by atoms with van der Waals surface area (Å²) in [5.74, 6) is 0. The number of benzene rings is 1. The van der Waals surface area contributed by atoms with Crippen LogP contribution in [0.5, 0.6) is 0 Å². The van der Waals surface area contributed by atoms with Crippen molar-refractivity contribution >= 4 is 27.0 Å². The van der Waals surface area contributed by atoms with Crippen molar-refractivity contribution in [1.29, 1.82) is 0 Å². The van der Waals surface area contributed by atoms with Gasteiger partial charge in [-0.3, -0.25) is 4.72 Å². The van der Waals surface area contributed by atoms with Gasteiger partial charge in [0.2, 0.25) is 0 Å². The van der Waals surface area contributed by atoms with E-state index in [4.69, 9.17) is 5.11 Å². The molecule has 0 atom stereocenters. The number of para-hydroxylation sites is 1. The molecule has 21 heavy (non-hydrogen) atoms. The first kappa shape index (κ1) is 15.8. The third-order valence-corrected chi connectivity index (χ3v) is 5.46. The molecule has 0 aliphatic rings. The predicted molar refractivity (Wildman–Crippen MR) is 72.5 cm³/mol. The predicted octanol–water partition coefficient (Wildman–Crippen LogP) is 3.06. The van der Waals surface area contributed by atoms with E-state index < -0.39 is 27.5 Å². The van der Waals surface area contributed by atoms with Crippen LogP contribution >= 0.6 is 11.3 Å². The van der Waals surface area contributed by atoms with E-state index in [1.54, 1.807) is 0 Å². The summed E-state index contributed by atoms with van der Waals surface area (Å²) < 4.78 is 64.3. The first-order valence-corrected chi connectivity index (χ1v) is 7.92. The summed E-state index contributed by atoms with van der Waals surface area (Å²) in [4.78, 5) is 0.402. The summed E-state index contributed by atoms with van der Waals surface area (Å²) in [5, 5.41) is 8.90. The molecule has 2 aromatic rings. The van der Waals surface area contributed by atoms with E-state index in [1.165, 1.54) is 24.3 Å². The highest BCUT2D eigenvalue weighted by Gasteiger charge is 2.34. The Morgan fingerprint density at radius 2 is 1.81 bits per heavy atom. The van der Waals surface area contributed by atoms with Gasteiger partial charge in [0.05, 0.1) is 17.9 Å². The van der Waals surface area contributed by atoms with Gasteiger partial charge in [0.1, 0.15) is 4.21 Å². The zero-order valence-corrected chi connectivity index (χ0v) is 12.0. The van der Waals surface area contributed by atoms with Gasteiger partial charge in [-0.2, -0.15) is 13.2 Å². The average Bonchev–Trinajstić information content (AvgIpc) is 2.87.